The van der Waals surface area contributed by atoms with Crippen molar-refractivity contribution in [1.29, 1.82) is 0 Å². The topological polar surface area (TPSA) is 32.3 Å². The number of allylic oxidation sites excluding steroid dienone is 1. The van der Waals surface area contributed by atoms with Gasteiger partial charge in [-0.3, -0.25) is 4.90 Å². The third-order valence-electron chi connectivity index (χ3n) is 3.88. The standard InChI is InChI=1S/C14H22N2O/c1-11-12(10-17)4-5-14(2,3)13(11)16-8-6-15-7-9-16/h4-5,10,12-13,15H,1,6-9H2,2-3H3. The zero-order valence-electron chi connectivity index (χ0n) is 10.8. The number of aldehydes is 1. The van der Waals surface area contributed by atoms with Crippen LogP contribution in [0.15, 0.2) is 24.3 Å². The van der Waals surface area contributed by atoms with Gasteiger partial charge in [-0.2, -0.15) is 0 Å². The zero-order chi connectivity index (χ0) is 12.5. The van der Waals surface area contributed by atoms with Gasteiger partial charge in [-0.05, 0) is 5.57 Å². The molecule has 0 aromatic heterocycles. The lowest BCUT2D eigenvalue weighted by Crippen LogP contribution is -2.55. The van der Waals surface area contributed by atoms with Gasteiger partial charge in [-0.25, -0.2) is 0 Å². The number of carbonyl (C=O) groups is 1. The fourth-order valence-corrected chi connectivity index (χ4v) is 3.00. The van der Waals surface area contributed by atoms with Gasteiger partial charge in [0.2, 0.25) is 0 Å². The van der Waals surface area contributed by atoms with Crippen LogP contribution >= 0.6 is 0 Å². The first-order valence-electron chi connectivity index (χ1n) is 6.34. The number of nitrogens with zero attached hydrogens (tertiary/aromatic N) is 1. The Hall–Kier alpha value is -0.930. The van der Waals surface area contributed by atoms with E-state index < -0.39 is 0 Å². The van der Waals surface area contributed by atoms with Gasteiger partial charge < -0.3 is 10.1 Å². The molecule has 2 unspecified atom stereocenters. The molecule has 2 aliphatic rings. The fraction of sp³-hybridized carbons (Fsp3) is 0.643. The smallest absolute Gasteiger partial charge is 0.130 e. The van der Waals surface area contributed by atoms with Crippen molar-refractivity contribution in [2.24, 2.45) is 11.3 Å². The number of hydrogen-bond donors (Lipinski definition) is 1. The van der Waals surface area contributed by atoms with Crippen LogP contribution < -0.4 is 5.32 Å². The molecule has 3 nitrogen and oxygen atoms in total. The predicted octanol–water partition coefficient (Wildman–Crippen LogP) is 1.23. The highest BCUT2D eigenvalue weighted by Crippen LogP contribution is 2.38. The van der Waals surface area contributed by atoms with E-state index in [1.165, 1.54) is 0 Å². The van der Waals surface area contributed by atoms with Crippen molar-refractivity contribution in [2.45, 2.75) is 19.9 Å². The van der Waals surface area contributed by atoms with E-state index in [4.69, 9.17) is 0 Å². The third kappa shape index (κ3) is 2.35. The molecule has 0 bridgehead atoms. The van der Waals surface area contributed by atoms with Crippen molar-refractivity contribution in [1.82, 2.24) is 10.2 Å². The summed E-state index contributed by atoms with van der Waals surface area (Å²) in [5.41, 5.74) is 1.11. The Morgan fingerprint density at radius 2 is 2.12 bits per heavy atom. The molecule has 0 aromatic carbocycles. The summed E-state index contributed by atoms with van der Waals surface area (Å²) in [6.07, 6.45) is 5.17. The van der Waals surface area contributed by atoms with Crippen LogP contribution in [0.3, 0.4) is 0 Å². The molecule has 2 rings (SSSR count). The lowest BCUT2D eigenvalue weighted by atomic mass is 9.71. The molecular weight excluding hydrogens is 212 g/mol. The maximum atomic E-state index is 11.1. The van der Waals surface area contributed by atoms with E-state index in [-0.39, 0.29) is 17.4 Å². The van der Waals surface area contributed by atoms with E-state index in [2.05, 4.69) is 36.7 Å². The van der Waals surface area contributed by atoms with Crippen molar-refractivity contribution in [2.75, 3.05) is 26.2 Å². The van der Waals surface area contributed by atoms with Crippen molar-refractivity contribution >= 4 is 6.29 Å². The average molecular weight is 234 g/mol. The molecule has 2 atom stereocenters. The Labute approximate surface area is 104 Å². The van der Waals surface area contributed by atoms with Crippen LogP contribution in [0.5, 0.6) is 0 Å². The molecule has 1 heterocycles. The summed E-state index contributed by atoms with van der Waals surface area (Å²) in [7, 11) is 0. The van der Waals surface area contributed by atoms with Crippen LogP contribution in [0.1, 0.15) is 13.8 Å². The van der Waals surface area contributed by atoms with Gasteiger partial charge in [0.25, 0.3) is 0 Å². The summed E-state index contributed by atoms with van der Waals surface area (Å²) in [4.78, 5) is 13.5. The first kappa shape index (κ1) is 12.5. The minimum atomic E-state index is -0.108. The van der Waals surface area contributed by atoms with Crippen LogP contribution in [0.25, 0.3) is 0 Å². The lowest BCUT2D eigenvalue weighted by molar-refractivity contribution is -0.109. The molecule has 0 amide bonds. The molecule has 1 N–H and O–H groups in total. The highest BCUT2D eigenvalue weighted by molar-refractivity contribution is 5.63. The van der Waals surface area contributed by atoms with Crippen LogP contribution in [0.4, 0.5) is 0 Å². The van der Waals surface area contributed by atoms with Crippen LogP contribution in [0.2, 0.25) is 0 Å². The first-order chi connectivity index (χ1) is 8.06. The van der Waals surface area contributed by atoms with Crippen molar-refractivity contribution < 1.29 is 4.79 Å². The Kier molecular flexibility index (Phi) is 3.50. The molecule has 1 aliphatic carbocycles. The summed E-state index contributed by atoms with van der Waals surface area (Å²) >= 11 is 0. The van der Waals surface area contributed by atoms with Crippen LogP contribution in [-0.4, -0.2) is 43.4 Å². The summed E-state index contributed by atoms with van der Waals surface area (Å²) in [5, 5.41) is 3.36. The molecule has 1 fully saturated rings. The average Bonchev–Trinajstić information content (AvgIpc) is 2.30. The molecule has 94 valence electrons. The van der Waals surface area contributed by atoms with Crippen molar-refractivity contribution in [3.05, 3.63) is 24.3 Å². The Morgan fingerprint density at radius 3 is 2.71 bits per heavy atom. The summed E-state index contributed by atoms with van der Waals surface area (Å²) in [5.74, 6) is -0.108. The predicted molar refractivity (Wildman–Crippen MR) is 69.8 cm³/mol. The number of hydrogen-bond acceptors (Lipinski definition) is 3. The van der Waals surface area contributed by atoms with Crippen molar-refractivity contribution in [3.63, 3.8) is 0 Å². The van der Waals surface area contributed by atoms with E-state index in [1.807, 2.05) is 6.08 Å². The van der Waals surface area contributed by atoms with E-state index >= 15 is 0 Å². The normalized spacial score (nSPS) is 33.6. The largest absolute Gasteiger partial charge is 0.314 e. The van der Waals surface area contributed by atoms with Gasteiger partial charge in [0.05, 0.1) is 5.92 Å². The van der Waals surface area contributed by atoms with Gasteiger partial charge in [0, 0.05) is 37.6 Å². The van der Waals surface area contributed by atoms with Crippen LogP contribution in [-0.2, 0) is 4.79 Å². The molecule has 1 saturated heterocycles. The third-order valence-corrected chi connectivity index (χ3v) is 3.88. The van der Waals surface area contributed by atoms with Gasteiger partial charge in [-0.1, -0.05) is 32.6 Å². The summed E-state index contributed by atoms with van der Waals surface area (Å²) < 4.78 is 0. The van der Waals surface area contributed by atoms with E-state index in [0.29, 0.717) is 0 Å². The SMILES string of the molecule is C=C1C(C=O)C=CC(C)(C)C1N1CCNCC1. The quantitative estimate of drug-likeness (QED) is 0.576. The Morgan fingerprint density at radius 1 is 1.47 bits per heavy atom. The fourth-order valence-electron chi connectivity index (χ4n) is 3.00. The lowest BCUT2D eigenvalue weighted by Gasteiger charge is -2.46. The van der Waals surface area contributed by atoms with Gasteiger partial charge >= 0.3 is 0 Å². The highest BCUT2D eigenvalue weighted by Gasteiger charge is 2.39. The summed E-state index contributed by atoms with van der Waals surface area (Å²) in [6, 6.07) is 0.282. The Bertz CT molecular complexity index is 340. The molecule has 0 radical (unpaired) electrons. The van der Waals surface area contributed by atoms with Gasteiger partial charge in [-0.15, -0.1) is 0 Å². The number of rotatable bonds is 2. The number of piperazine rings is 1. The zero-order valence-corrected chi connectivity index (χ0v) is 10.8. The van der Waals surface area contributed by atoms with Crippen molar-refractivity contribution in [3.8, 4) is 0 Å². The molecular formula is C14H22N2O. The summed E-state index contributed by atoms with van der Waals surface area (Å²) in [6.45, 7) is 12.7. The Balaban J connectivity index is 2.25. The molecule has 17 heavy (non-hydrogen) atoms. The maximum Gasteiger partial charge on any atom is 0.130 e. The minimum absolute atomic E-state index is 0.0634. The van der Waals surface area contributed by atoms with E-state index in [9.17, 15) is 4.79 Å². The maximum absolute atomic E-state index is 11.1. The minimum Gasteiger partial charge on any atom is -0.314 e. The first-order valence-corrected chi connectivity index (χ1v) is 6.34. The molecule has 0 spiro atoms. The van der Waals surface area contributed by atoms with E-state index in [1.54, 1.807) is 0 Å². The molecule has 1 aliphatic heterocycles. The van der Waals surface area contributed by atoms with Gasteiger partial charge in [0.1, 0.15) is 6.29 Å². The number of nitrogens with one attached hydrogen (secondary N) is 1. The monoisotopic (exact) mass is 234 g/mol. The second kappa shape index (κ2) is 4.75. The molecule has 0 aromatic rings. The highest BCUT2D eigenvalue weighted by atomic mass is 16.1. The van der Waals surface area contributed by atoms with Crippen LogP contribution in [0, 0.1) is 11.3 Å². The number of carbonyl (C=O) groups excluding carboxylic acids is 1. The second-order valence-corrected chi connectivity index (χ2v) is 5.61. The second-order valence-electron chi connectivity index (χ2n) is 5.61. The molecule has 3 heteroatoms. The van der Waals surface area contributed by atoms with E-state index in [0.717, 1.165) is 38.0 Å². The molecule has 0 saturated carbocycles. The van der Waals surface area contributed by atoms with Gasteiger partial charge in [0.15, 0.2) is 0 Å².